The summed E-state index contributed by atoms with van der Waals surface area (Å²) in [5.74, 6) is -2.91. The van der Waals surface area contributed by atoms with E-state index in [1.54, 1.807) is 48.1 Å². The van der Waals surface area contributed by atoms with E-state index in [-0.39, 0.29) is 40.4 Å². The van der Waals surface area contributed by atoms with Gasteiger partial charge in [0.05, 0.1) is 30.9 Å². The third kappa shape index (κ3) is 8.11. The highest BCUT2D eigenvalue weighted by Crippen LogP contribution is 2.44. The molecule has 1 fully saturated rings. The van der Waals surface area contributed by atoms with Gasteiger partial charge in [-0.3, -0.25) is 29.3 Å². The van der Waals surface area contributed by atoms with E-state index in [0.717, 1.165) is 46.5 Å². The minimum atomic E-state index is -0.857. The van der Waals surface area contributed by atoms with Gasteiger partial charge >= 0.3 is 5.97 Å². The van der Waals surface area contributed by atoms with Gasteiger partial charge in [-0.05, 0) is 77.4 Å². The number of ether oxygens (including phenoxy) is 2. The number of pyridine rings is 4. The predicted molar refractivity (Wildman–Crippen MR) is 235 cm³/mol. The van der Waals surface area contributed by atoms with Gasteiger partial charge in [-0.25, -0.2) is 13.6 Å². The van der Waals surface area contributed by atoms with Gasteiger partial charge in [0.15, 0.2) is 17.1 Å². The van der Waals surface area contributed by atoms with Gasteiger partial charge in [0.25, 0.3) is 17.0 Å². The maximum absolute atomic E-state index is 13.4. The normalized spacial score (nSPS) is 15.9. The molecular formula is C48H50F2N6O8. The summed E-state index contributed by atoms with van der Waals surface area (Å²) in [6, 6.07) is 12.5. The summed E-state index contributed by atoms with van der Waals surface area (Å²) in [7, 11) is 0. The molecule has 14 nitrogen and oxygen atoms in total. The number of hydrogen-bond acceptors (Lipinski definition) is 11. The number of halogens is 2. The zero-order valence-corrected chi connectivity index (χ0v) is 36.4. The van der Waals surface area contributed by atoms with Crippen LogP contribution in [0.3, 0.4) is 0 Å². The Morgan fingerprint density at radius 2 is 1.20 bits per heavy atom. The van der Waals surface area contributed by atoms with Crippen LogP contribution in [0.15, 0.2) is 70.5 Å². The Morgan fingerprint density at radius 3 is 1.67 bits per heavy atom. The summed E-state index contributed by atoms with van der Waals surface area (Å²) >= 11 is 0. The first-order chi connectivity index (χ1) is 30.5. The monoisotopic (exact) mass is 876 g/mol. The molecule has 3 aliphatic heterocycles. The molecule has 0 atom stereocenters. The lowest BCUT2D eigenvalue weighted by Gasteiger charge is -2.26. The van der Waals surface area contributed by atoms with Crippen molar-refractivity contribution in [3.63, 3.8) is 0 Å². The fourth-order valence-corrected chi connectivity index (χ4v) is 9.37. The van der Waals surface area contributed by atoms with Crippen molar-refractivity contribution in [3.8, 4) is 11.5 Å². The van der Waals surface area contributed by atoms with E-state index in [0.29, 0.717) is 63.3 Å². The largest absolute Gasteiger partial charge is 0.505 e. The molecule has 0 aliphatic carbocycles. The molecule has 4 aromatic heterocycles. The third-order valence-corrected chi connectivity index (χ3v) is 12.2. The van der Waals surface area contributed by atoms with Gasteiger partial charge in [0, 0.05) is 62.5 Å². The minimum Gasteiger partial charge on any atom is -0.505 e. The third-order valence-electron chi connectivity index (χ3n) is 12.2. The van der Waals surface area contributed by atoms with Gasteiger partial charge < -0.3 is 34.1 Å². The maximum Gasteiger partial charge on any atom is 0.347 e. The molecule has 334 valence electrons. The zero-order valence-electron chi connectivity index (χ0n) is 36.4. The predicted octanol–water partition coefficient (Wildman–Crippen LogP) is 5.49. The summed E-state index contributed by atoms with van der Waals surface area (Å²) in [5, 5.41) is 24.4. The quantitative estimate of drug-likeness (QED) is 0.149. The average Bonchev–Trinajstić information content (AvgIpc) is 3.72. The van der Waals surface area contributed by atoms with Crippen molar-refractivity contribution in [1.82, 2.24) is 29.3 Å². The Morgan fingerprint density at radius 1 is 0.750 bits per heavy atom. The van der Waals surface area contributed by atoms with Crippen molar-refractivity contribution < 1.29 is 38.1 Å². The Hall–Kier alpha value is -6.52. The standard InChI is InChI=1S/C26H29FN4O4.C22H21FN2O4/c1-26(2)15-31-22-20(26)17(13-16-3-5-18(27)6-4-16)14-29-21(22)23(32)19(25(31)34)24(33)28-7-8-30-9-11-35-12-10-30;1-4-29-21(28)15-19(26)17-18-16(22(2,3)11-25(18)20(15)27)13(10-24-17)9-12-5-7-14(23)8-6-12/h3-6,14,32H,7-13,15H2,1-2H3,(H,28,33);5-8,10,26H,4,9,11H2,1-3H3. The molecule has 9 rings (SSSR count). The summed E-state index contributed by atoms with van der Waals surface area (Å²) < 4.78 is 39.9. The Bertz CT molecular complexity index is 2940. The molecule has 2 aromatic carbocycles. The molecule has 1 saturated heterocycles. The van der Waals surface area contributed by atoms with Crippen LogP contribution in [0, 0.1) is 11.6 Å². The second-order valence-electron chi connectivity index (χ2n) is 17.7. The van der Waals surface area contributed by atoms with Crippen LogP contribution in [0.2, 0.25) is 0 Å². The fourth-order valence-electron chi connectivity index (χ4n) is 9.37. The molecule has 3 N–H and O–H groups in total. The Balaban J connectivity index is 0.000000178. The molecule has 0 bridgehead atoms. The molecule has 0 spiro atoms. The Kier molecular flexibility index (Phi) is 11.9. The molecule has 7 heterocycles. The average molecular weight is 877 g/mol. The smallest absolute Gasteiger partial charge is 0.347 e. The number of aromatic hydroxyl groups is 2. The molecule has 64 heavy (non-hydrogen) atoms. The van der Waals surface area contributed by atoms with Crippen molar-refractivity contribution in [3.05, 3.63) is 138 Å². The van der Waals surface area contributed by atoms with Gasteiger partial charge in [-0.15, -0.1) is 0 Å². The van der Waals surface area contributed by atoms with Gasteiger partial charge in [0.2, 0.25) is 0 Å². The number of nitrogens with zero attached hydrogens (tertiary/aromatic N) is 5. The van der Waals surface area contributed by atoms with E-state index in [4.69, 9.17) is 9.47 Å². The van der Waals surface area contributed by atoms with Crippen LogP contribution in [0.25, 0.3) is 22.1 Å². The number of nitrogens with one attached hydrogen (secondary N) is 1. The van der Waals surface area contributed by atoms with E-state index in [1.807, 2.05) is 27.7 Å². The molecule has 6 aromatic rings. The maximum atomic E-state index is 13.4. The van der Waals surface area contributed by atoms with Gasteiger partial charge in [0.1, 0.15) is 28.2 Å². The molecule has 0 saturated carbocycles. The van der Waals surface area contributed by atoms with Crippen LogP contribution < -0.4 is 16.4 Å². The fraction of sp³-hybridized carbons (Fsp3) is 0.375. The van der Waals surface area contributed by atoms with Crippen LogP contribution in [0.1, 0.15) is 88.7 Å². The van der Waals surface area contributed by atoms with E-state index < -0.39 is 45.3 Å². The van der Waals surface area contributed by atoms with Crippen molar-refractivity contribution >= 4 is 33.9 Å². The topological polar surface area (TPSA) is 178 Å². The lowest BCUT2D eigenvalue weighted by molar-refractivity contribution is 0.0383. The molecule has 1 amide bonds. The highest BCUT2D eigenvalue weighted by atomic mass is 19.1. The number of rotatable bonds is 10. The van der Waals surface area contributed by atoms with Crippen LogP contribution in [-0.2, 0) is 46.2 Å². The van der Waals surface area contributed by atoms with E-state index in [1.165, 1.54) is 28.8 Å². The van der Waals surface area contributed by atoms with Crippen molar-refractivity contribution in [2.24, 2.45) is 0 Å². The second-order valence-corrected chi connectivity index (χ2v) is 17.7. The van der Waals surface area contributed by atoms with Crippen molar-refractivity contribution in [2.45, 2.75) is 71.4 Å². The molecular weight excluding hydrogens is 827 g/mol. The number of benzene rings is 2. The number of carbonyl (C=O) groups is 2. The number of aromatic nitrogens is 4. The first-order valence-corrected chi connectivity index (χ1v) is 21.3. The number of amides is 1. The van der Waals surface area contributed by atoms with Crippen LogP contribution >= 0.6 is 0 Å². The van der Waals surface area contributed by atoms with E-state index in [9.17, 15) is 38.2 Å². The zero-order chi connectivity index (χ0) is 45.7. The number of carbonyl (C=O) groups excluding carboxylic acids is 2. The number of morpholine rings is 1. The second kappa shape index (κ2) is 17.2. The molecule has 16 heteroatoms. The van der Waals surface area contributed by atoms with E-state index >= 15 is 0 Å². The van der Waals surface area contributed by atoms with Crippen molar-refractivity contribution in [2.75, 3.05) is 46.0 Å². The van der Waals surface area contributed by atoms with E-state index in [2.05, 4.69) is 20.2 Å². The van der Waals surface area contributed by atoms with Gasteiger partial charge in [-0.1, -0.05) is 52.0 Å². The summed E-state index contributed by atoms with van der Waals surface area (Å²) in [6.07, 6.45) is 4.36. The van der Waals surface area contributed by atoms with Crippen LogP contribution in [0.5, 0.6) is 11.5 Å². The number of hydrogen-bond donors (Lipinski definition) is 3. The SMILES string of the molecule is CC1(C)Cn2c(=O)c(C(=O)NCCN3CCOCC3)c(O)c3ncc(Cc4ccc(F)cc4)c1c32.CCOC(=O)c1c(O)c2ncc(Cc3ccc(F)cc3)c3c2n(c1=O)CC3(C)C. The van der Waals surface area contributed by atoms with Crippen LogP contribution in [-0.4, -0.2) is 92.1 Å². The summed E-state index contributed by atoms with van der Waals surface area (Å²) in [6.45, 7) is 14.4. The molecule has 3 aliphatic rings. The highest BCUT2D eigenvalue weighted by molar-refractivity contribution is 6.02. The molecule has 0 unspecified atom stereocenters. The molecule has 0 radical (unpaired) electrons. The van der Waals surface area contributed by atoms with Gasteiger partial charge in [-0.2, -0.15) is 0 Å². The minimum absolute atomic E-state index is 0.0938. The first-order valence-electron chi connectivity index (χ1n) is 21.3. The summed E-state index contributed by atoms with van der Waals surface area (Å²) in [4.78, 5) is 62.7. The first kappa shape index (κ1) is 44.1. The van der Waals surface area contributed by atoms with Crippen molar-refractivity contribution in [1.29, 1.82) is 0 Å². The number of esters is 1. The summed E-state index contributed by atoms with van der Waals surface area (Å²) in [5.41, 5.74) is 4.38. The lowest BCUT2D eigenvalue weighted by atomic mass is 9.82. The Labute approximate surface area is 367 Å². The highest BCUT2D eigenvalue weighted by Gasteiger charge is 2.40. The van der Waals surface area contributed by atoms with Crippen LogP contribution in [0.4, 0.5) is 8.78 Å². The lowest BCUT2D eigenvalue weighted by Crippen LogP contribution is -2.42.